The van der Waals surface area contributed by atoms with Gasteiger partial charge in [-0.25, -0.2) is 0 Å². The molecule has 3 unspecified atom stereocenters. The standard InChI is InChI=1S/C14H27N3O2.ClH/c1-9-11(7-6-8-15-9)17-12(18)10(2)16-13(19)14(3,4)5;/h9-11,15H,6-8H2,1-5H3,(H,16,19)(H,17,18);1H. The second-order valence-corrected chi connectivity index (χ2v) is 6.45. The summed E-state index contributed by atoms with van der Waals surface area (Å²) in [5.74, 6) is -0.219. The molecule has 2 amide bonds. The molecule has 0 radical (unpaired) electrons. The van der Waals surface area contributed by atoms with Gasteiger partial charge in [-0.15, -0.1) is 12.4 Å². The summed E-state index contributed by atoms with van der Waals surface area (Å²) in [7, 11) is 0. The molecule has 1 saturated heterocycles. The number of hydrogen-bond donors (Lipinski definition) is 3. The lowest BCUT2D eigenvalue weighted by Crippen LogP contribution is -2.56. The molecule has 6 heteroatoms. The molecule has 20 heavy (non-hydrogen) atoms. The molecular formula is C14H28ClN3O2. The number of hydrogen-bond acceptors (Lipinski definition) is 3. The Morgan fingerprint density at radius 3 is 2.40 bits per heavy atom. The summed E-state index contributed by atoms with van der Waals surface area (Å²) in [4.78, 5) is 23.9. The third-order valence-corrected chi connectivity index (χ3v) is 3.51. The van der Waals surface area contributed by atoms with E-state index in [2.05, 4.69) is 22.9 Å². The first-order valence-electron chi connectivity index (χ1n) is 7.06. The van der Waals surface area contributed by atoms with Crippen molar-refractivity contribution in [2.24, 2.45) is 5.41 Å². The number of piperidine rings is 1. The molecule has 0 aromatic carbocycles. The number of halogens is 1. The zero-order valence-electron chi connectivity index (χ0n) is 13.1. The van der Waals surface area contributed by atoms with Gasteiger partial charge in [0.15, 0.2) is 0 Å². The summed E-state index contributed by atoms with van der Waals surface area (Å²) in [6.07, 6.45) is 2.05. The Hall–Kier alpha value is -0.810. The van der Waals surface area contributed by atoms with Gasteiger partial charge in [0.2, 0.25) is 11.8 Å². The highest BCUT2D eigenvalue weighted by molar-refractivity contribution is 5.89. The largest absolute Gasteiger partial charge is 0.350 e. The maximum absolute atomic E-state index is 12.1. The van der Waals surface area contributed by atoms with Gasteiger partial charge in [-0.1, -0.05) is 20.8 Å². The molecule has 5 nitrogen and oxygen atoms in total. The van der Waals surface area contributed by atoms with E-state index in [9.17, 15) is 9.59 Å². The predicted octanol–water partition coefficient (Wildman–Crippen LogP) is 1.22. The Bertz CT molecular complexity index is 342. The van der Waals surface area contributed by atoms with E-state index in [1.54, 1.807) is 6.92 Å². The SMILES string of the molecule is CC(NC(=O)C(C)(C)C)C(=O)NC1CCCNC1C.Cl. The zero-order chi connectivity index (χ0) is 14.6. The Balaban J connectivity index is 0.00000361. The first-order valence-corrected chi connectivity index (χ1v) is 7.06. The number of amides is 2. The summed E-state index contributed by atoms with van der Waals surface area (Å²) in [5.41, 5.74) is -0.478. The fourth-order valence-corrected chi connectivity index (χ4v) is 2.03. The molecule has 0 aliphatic carbocycles. The summed E-state index contributed by atoms with van der Waals surface area (Å²) in [6.45, 7) is 10.3. The molecule has 1 aliphatic heterocycles. The molecule has 0 aromatic heterocycles. The monoisotopic (exact) mass is 305 g/mol. The van der Waals surface area contributed by atoms with Crippen LogP contribution >= 0.6 is 12.4 Å². The fourth-order valence-electron chi connectivity index (χ4n) is 2.03. The van der Waals surface area contributed by atoms with E-state index in [1.807, 2.05) is 20.8 Å². The minimum atomic E-state index is -0.499. The maximum atomic E-state index is 12.1. The van der Waals surface area contributed by atoms with Crippen LogP contribution in [0.4, 0.5) is 0 Å². The molecule has 118 valence electrons. The van der Waals surface area contributed by atoms with Crippen molar-refractivity contribution in [3.63, 3.8) is 0 Å². The average molecular weight is 306 g/mol. The lowest BCUT2D eigenvalue weighted by atomic mass is 9.95. The van der Waals surface area contributed by atoms with Gasteiger partial charge in [-0.05, 0) is 33.2 Å². The van der Waals surface area contributed by atoms with Crippen LogP contribution in [0.2, 0.25) is 0 Å². The van der Waals surface area contributed by atoms with Crippen molar-refractivity contribution in [3.05, 3.63) is 0 Å². The van der Waals surface area contributed by atoms with Crippen LogP contribution in [0.3, 0.4) is 0 Å². The van der Waals surface area contributed by atoms with Crippen molar-refractivity contribution in [3.8, 4) is 0 Å². The predicted molar refractivity (Wildman–Crippen MR) is 82.9 cm³/mol. The Morgan fingerprint density at radius 2 is 1.90 bits per heavy atom. The van der Waals surface area contributed by atoms with Crippen LogP contribution in [0.25, 0.3) is 0 Å². The molecule has 0 bridgehead atoms. The van der Waals surface area contributed by atoms with Gasteiger partial charge in [0, 0.05) is 17.5 Å². The second-order valence-electron chi connectivity index (χ2n) is 6.45. The summed E-state index contributed by atoms with van der Waals surface area (Å²) < 4.78 is 0. The van der Waals surface area contributed by atoms with Crippen LogP contribution < -0.4 is 16.0 Å². The number of carbonyl (C=O) groups excluding carboxylic acids is 2. The molecule has 3 atom stereocenters. The highest BCUT2D eigenvalue weighted by Crippen LogP contribution is 2.13. The smallest absolute Gasteiger partial charge is 0.242 e. The Morgan fingerprint density at radius 1 is 1.30 bits per heavy atom. The van der Waals surface area contributed by atoms with Gasteiger partial charge in [-0.3, -0.25) is 9.59 Å². The van der Waals surface area contributed by atoms with Crippen LogP contribution in [-0.4, -0.2) is 36.5 Å². The molecule has 1 heterocycles. The van der Waals surface area contributed by atoms with Crippen molar-refractivity contribution < 1.29 is 9.59 Å². The Kier molecular flexibility index (Phi) is 7.52. The lowest BCUT2D eigenvalue weighted by Gasteiger charge is -2.32. The topological polar surface area (TPSA) is 70.2 Å². The summed E-state index contributed by atoms with van der Waals surface area (Å²) >= 11 is 0. The van der Waals surface area contributed by atoms with Crippen molar-refractivity contribution in [2.75, 3.05) is 6.54 Å². The first-order chi connectivity index (χ1) is 8.71. The minimum Gasteiger partial charge on any atom is -0.350 e. The third-order valence-electron chi connectivity index (χ3n) is 3.51. The highest BCUT2D eigenvalue weighted by Gasteiger charge is 2.28. The maximum Gasteiger partial charge on any atom is 0.242 e. The second kappa shape index (κ2) is 7.84. The van der Waals surface area contributed by atoms with Crippen LogP contribution in [-0.2, 0) is 9.59 Å². The summed E-state index contributed by atoms with van der Waals surface area (Å²) in [5, 5.41) is 9.10. The molecule has 0 saturated carbocycles. The minimum absolute atomic E-state index is 0. The first kappa shape index (κ1) is 19.2. The zero-order valence-corrected chi connectivity index (χ0v) is 13.9. The summed E-state index contributed by atoms with van der Waals surface area (Å²) in [6, 6.07) is -0.0701. The van der Waals surface area contributed by atoms with E-state index < -0.39 is 11.5 Å². The van der Waals surface area contributed by atoms with Crippen LogP contribution in [0.1, 0.15) is 47.5 Å². The van der Waals surface area contributed by atoms with E-state index in [0.29, 0.717) is 0 Å². The van der Waals surface area contributed by atoms with Gasteiger partial charge in [-0.2, -0.15) is 0 Å². The van der Waals surface area contributed by atoms with Crippen molar-refractivity contribution in [2.45, 2.75) is 65.6 Å². The quantitative estimate of drug-likeness (QED) is 0.734. The Labute approximate surface area is 128 Å². The van der Waals surface area contributed by atoms with Crippen LogP contribution in [0, 0.1) is 5.41 Å². The van der Waals surface area contributed by atoms with Gasteiger partial charge in [0.05, 0.1) is 0 Å². The lowest BCUT2D eigenvalue weighted by molar-refractivity contribution is -0.133. The average Bonchev–Trinajstić information content (AvgIpc) is 2.30. The number of carbonyl (C=O) groups is 2. The van der Waals surface area contributed by atoms with Crippen LogP contribution in [0.15, 0.2) is 0 Å². The highest BCUT2D eigenvalue weighted by atomic mass is 35.5. The number of nitrogens with one attached hydrogen (secondary N) is 3. The van der Waals surface area contributed by atoms with Gasteiger partial charge in [0.1, 0.15) is 6.04 Å². The van der Waals surface area contributed by atoms with E-state index >= 15 is 0 Å². The van der Waals surface area contributed by atoms with Crippen molar-refractivity contribution in [1.82, 2.24) is 16.0 Å². The van der Waals surface area contributed by atoms with Gasteiger partial charge in [0.25, 0.3) is 0 Å². The van der Waals surface area contributed by atoms with Crippen molar-refractivity contribution in [1.29, 1.82) is 0 Å². The van der Waals surface area contributed by atoms with E-state index in [-0.39, 0.29) is 36.3 Å². The van der Waals surface area contributed by atoms with Gasteiger partial charge < -0.3 is 16.0 Å². The van der Waals surface area contributed by atoms with Crippen LogP contribution in [0.5, 0.6) is 0 Å². The van der Waals surface area contributed by atoms with E-state index in [0.717, 1.165) is 19.4 Å². The number of rotatable bonds is 3. The third kappa shape index (κ3) is 5.67. The molecule has 1 fully saturated rings. The normalized spacial score (nSPS) is 24.2. The van der Waals surface area contributed by atoms with Gasteiger partial charge >= 0.3 is 0 Å². The molecule has 3 N–H and O–H groups in total. The molecule has 0 spiro atoms. The van der Waals surface area contributed by atoms with E-state index in [1.165, 1.54) is 0 Å². The molecule has 0 aromatic rings. The van der Waals surface area contributed by atoms with E-state index in [4.69, 9.17) is 0 Å². The molecular weight excluding hydrogens is 278 g/mol. The fraction of sp³-hybridized carbons (Fsp3) is 0.857. The van der Waals surface area contributed by atoms with Crippen molar-refractivity contribution >= 4 is 24.2 Å². The molecule has 1 aliphatic rings. The molecule has 1 rings (SSSR count).